The Morgan fingerprint density at radius 2 is 2.12 bits per heavy atom. The third-order valence-corrected chi connectivity index (χ3v) is 5.34. The van der Waals surface area contributed by atoms with Crippen LogP contribution in [-0.4, -0.2) is 49.8 Å². The number of carbonyl (C=O) groups excluding carboxylic acids is 1. The molecule has 0 saturated carbocycles. The first-order valence-corrected chi connectivity index (χ1v) is 8.89. The Morgan fingerprint density at radius 3 is 2.84 bits per heavy atom. The summed E-state index contributed by atoms with van der Waals surface area (Å²) in [6.07, 6.45) is 2.49. The summed E-state index contributed by atoms with van der Waals surface area (Å²) in [7, 11) is 0. The summed E-state index contributed by atoms with van der Waals surface area (Å²) in [5.41, 5.74) is 1.81. The normalized spacial score (nSPS) is 20.0. The van der Waals surface area contributed by atoms with Crippen molar-refractivity contribution in [1.82, 2.24) is 10.3 Å². The van der Waals surface area contributed by atoms with Gasteiger partial charge in [-0.2, -0.15) is 0 Å². The lowest BCUT2D eigenvalue weighted by Gasteiger charge is -2.22. The molecule has 1 atom stereocenters. The molecule has 9 heteroatoms. The van der Waals surface area contributed by atoms with E-state index in [-0.39, 0.29) is 36.8 Å². The van der Waals surface area contributed by atoms with Crippen LogP contribution in [0, 0.1) is 0 Å². The first-order valence-electron chi connectivity index (χ1n) is 8.07. The van der Waals surface area contributed by atoms with Gasteiger partial charge in [0, 0.05) is 25.3 Å². The Balaban J connectivity index is 0.00000113. The maximum atomic E-state index is 12.2. The molecule has 4 rings (SSSR count). The molecular weight excluding hydrogens is 383 g/mol. The zero-order valence-electron chi connectivity index (χ0n) is 13.7. The minimum atomic E-state index is -0.277. The predicted octanol–water partition coefficient (Wildman–Crippen LogP) is 2.67. The van der Waals surface area contributed by atoms with Gasteiger partial charge in [-0.05, 0) is 31.0 Å². The van der Waals surface area contributed by atoms with E-state index in [2.05, 4.69) is 15.5 Å². The summed E-state index contributed by atoms with van der Waals surface area (Å²) in [5.74, 6) is -0.0478. The first-order chi connectivity index (χ1) is 11.3. The molecule has 0 radical (unpaired) electrons. The van der Waals surface area contributed by atoms with Crippen molar-refractivity contribution in [2.24, 2.45) is 0 Å². The molecule has 138 valence electrons. The number of thiazole rings is 1. The standard InChI is InChI=1S/C16H20N4O2S.2ClH/c21-15(13-10-22-8-5-17-13)18-11-3-4-12-14(9-11)23-16(19-12)20-6-1-2-7-20;;/h3-4,9,13,17H,1-2,5-8,10H2,(H,18,21);2*1H. The van der Waals surface area contributed by atoms with Crippen LogP contribution < -0.4 is 15.5 Å². The lowest BCUT2D eigenvalue weighted by molar-refractivity contribution is -0.120. The Bertz CT molecular complexity index is 715. The minimum Gasteiger partial charge on any atom is -0.378 e. The van der Waals surface area contributed by atoms with Gasteiger partial charge in [-0.3, -0.25) is 4.79 Å². The van der Waals surface area contributed by atoms with Crippen LogP contribution in [0.15, 0.2) is 18.2 Å². The molecule has 2 aliphatic heterocycles. The monoisotopic (exact) mass is 404 g/mol. The SMILES string of the molecule is Cl.Cl.O=C(Nc1ccc2nc(N3CCCC3)sc2c1)C1COCCN1. The third-order valence-electron chi connectivity index (χ3n) is 4.26. The van der Waals surface area contributed by atoms with Crippen molar-refractivity contribution in [3.63, 3.8) is 0 Å². The van der Waals surface area contributed by atoms with Crippen molar-refractivity contribution in [3.8, 4) is 0 Å². The topological polar surface area (TPSA) is 66.5 Å². The van der Waals surface area contributed by atoms with Crippen molar-refractivity contribution >= 4 is 63.1 Å². The number of hydrogen-bond acceptors (Lipinski definition) is 6. The quantitative estimate of drug-likeness (QED) is 0.822. The number of rotatable bonds is 3. The average Bonchev–Trinajstić information content (AvgIpc) is 3.24. The van der Waals surface area contributed by atoms with Gasteiger partial charge in [-0.1, -0.05) is 11.3 Å². The van der Waals surface area contributed by atoms with E-state index in [1.165, 1.54) is 12.8 Å². The second-order valence-electron chi connectivity index (χ2n) is 5.94. The summed E-state index contributed by atoms with van der Waals surface area (Å²) >= 11 is 1.69. The van der Waals surface area contributed by atoms with Crippen LogP contribution in [-0.2, 0) is 9.53 Å². The molecule has 1 unspecified atom stereocenters. The molecule has 1 aromatic carbocycles. The van der Waals surface area contributed by atoms with Crippen LogP contribution in [0.1, 0.15) is 12.8 Å². The lowest BCUT2D eigenvalue weighted by Crippen LogP contribution is -2.48. The lowest BCUT2D eigenvalue weighted by atomic mass is 10.2. The molecule has 25 heavy (non-hydrogen) atoms. The van der Waals surface area contributed by atoms with Crippen molar-refractivity contribution in [2.45, 2.75) is 18.9 Å². The van der Waals surface area contributed by atoms with Gasteiger partial charge in [0.15, 0.2) is 5.13 Å². The predicted molar refractivity (Wildman–Crippen MR) is 107 cm³/mol. The molecule has 2 aromatic rings. The molecule has 0 bridgehead atoms. The molecular formula is C16H22Cl2N4O2S. The fourth-order valence-corrected chi connectivity index (χ4v) is 4.05. The highest BCUT2D eigenvalue weighted by atomic mass is 35.5. The van der Waals surface area contributed by atoms with Crippen molar-refractivity contribution in [3.05, 3.63) is 18.2 Å². The zero-order chi connectivity index (χ0) is 15.6. The molecule has 1 amide bonds. The van der Waals surface area contributed by atoms with E-state index >= 15 is 0 Å². The summed E-state index contributed by atoms with van der Waals surface area (Å²) in [5, 5.41) is 7.22. The number of benzene rings is 1. The number of nitrogens with one attached hydrogen (secondary N) is 2. The van der Waals surface area contributed by atoms with Crippen LogP contribution in [0.5, 0.6) is 0 Å². The summed E-state index contributed by atoms with van der Waals surface area (Å²) in [4.78, 5) is 19.3. The van der Waals surface area contributed by atoms with Crippen molar-refractivity contribution < 1.29 is 9.53 Å². The molecule has 2 N–H and O–H groups in total. The van der Waals surface area contributed by atoms with E-state index < -0.39 is 0 Å². The summed E-state index contributed by atoms with van der Waals surface area (Å²) in [6, 6.07) is 5.62. The van der Waals surface area contributed by atoms with Crippen LogP contribution >= 0.6 is 36.2 Å². The number of anilines is 2. The van der Waals surface area contributed by atoms with E-state index in [9.17, 15) is 4.79 Å². The number of nitrogens with zero attached hydrogens (tertiary/aromatic N) is 2. The zero-order valence-corrected chi connectivity index (χ0v) is 16.1. The molecule has 2 saturated heterocycles. The number of aromatic nitrogens is 1. The number of carbonyl (C=O) groups is 1. The molecule has 6 nitrogen and oxygen atoms in total. The summed E-state index contributed by atoms with van der Waals surface area (Å²) < 4.78 is 6.44. The molecule has 0 aliphatic carbocycles. The molecule has 1 aromatic heterocycles. The highest BCUT2D eigenvalue weighted by Gasteiger charge is 2.21. The maximum absolute atomic E-state index is 12.2. The third kappa shape index (κ3) is 4.54. The number of ether oxygens (including phenoxy) is 1. The second-order valence-corrected chi connectivity index (χ2v) is 6.95. The molecule has 0 spiro atoms. The van der Waals surface area contributed by atoms with Crippen LogP contribution in [0.25, 0.3) is 10.2 Å². The smallest absolute Gasteiger partial charge is 0.243 e. The number of hydrogen-bond donors (Lipinski definition) is 2. The molecule has 2 fully saturated rings. The summed E-state index contributed by atoms with van der Waals surface area (Å²) in [6.45, 7) is 3.99. The van der Waals surface area contributed by atoms with E-state index in [1.54, 1.807) is 11.3 Å². The molecule has 2 aliphatic rings. The Labute approximate surface area is 163 Å². The number of amides is 1. The molecule has 3 heterocycles. The van der Waals surface area contributed by atoms with Crippen LogP contribution in [0.2, 0.25) is 0 Å². The first kappa shape index (κ1) is 20.2. The van der Waals surface area contributed by atoms with Gasteiger partial charge in [0.25, 0.3) is 0 Å². The highest BCUT2D eigenvalue weighted by Crippen LogP contribution is 2.32. The van der Waals surface area contributed by atoms with Gasteiger partial charge >= 0.3 is 0 Å². The minimum absolute atomic E-state index is 0. The van der Waals surface area contributed by atoms with Crippen molar-refractivity contribution in [2.75, 3.05) is 43.1 Å². The van der Waals surface area contributed by atoms with Gasteiger partial charge in [-0.25, -0.2) is 4.98 Å². The second kappa shape index (κ2) is 9.00. The Hall–Kier alpha value is -1.12. The van der Waals surface area contributed by atoms with Gasteiger partial charge in [0.2, 0.25) is 5.91 Å². The Morgan fingerprint density at radius 1 is 1.32 bits per heavy atom. The van der Waals surface area contributed by atoms with E-state index in [0.29, 0.717) is 19.8 Å². The maximum Gasteiger partial charge on any atom is 0.243 e. The van der Waals surface area contributed by atoms with Gasteiger partial charge in [-0.15, -0.1) is 24.8 Å². The number of morpholine rings is 1. The fraction of sp³-hybridized carbons (Fsp3) is 0.500. The highest BCUT2D eigenvalue weighted by molar-refractivity contribution is 7.22. The number of halogens is 2. The Kier molecular flexibility index (Phi) is 7.27. The van der Waals surface area contributed by atoms with Gasteiger partial charge < -0.3 is 20.3 Å². The fourth-order valence-electron chi connectivity index (χ4n) is 3.00. The van der Waals surface area contributed by atoms with Gasteiger partial charge in [0.1, 0.15) is 6.04 Å². The van der Waals surface area contributed by atoms with E-state index in [1.807, 2.05) is 18.2 Å². The van der Waals surface area contributed by atoms with E-state index in [0.717, 1.165) is 34.1 Å². The van der Waals surface area contributed by atoms with Gasteiger partial charge in [0.05, 0.1) is 23.4 Å². The average molecular weight is 405 g/mol. The van der Waals surface area contributed by atoms with Crippen LogP contribution in [0.3, 0.4) is 0 Å². The largest absolute Gasteiger partial charge is 0.378 e. The van der Waals surface area contributed by atoms with E-state index in [4.69, 9.17) is 9.72 Å². The van der Waals surface area contributed by atoms with Crippen LogP contribution in [0.4, 0.5) is 10.8 Å². The number of fused-ring (bicyclic) bond motifs is 1. The van der Waals surface area contributed by atoms with Crippen molar-refractivity contribution in [1.29, 1.82) is 0 Å².